The van der Waals surface area contributed by atoms with Crippen molar-refractivity contribution in [1.29, 1.82) is 0 Å². The molecule has 1 aliphatic rings. The molecule has 134 valence electrons. The second-order valence-electron chi connectivity index (χ2n) is 6.79. The highest BCUT2D eigenvalue weighted by atomic mass is 16.5. The minimum absolute atomic E-state index is 0.171. The number of rotatable bonds is 4. The molecule has 26 heavy (non-hydrogen) atoms. The molecule has 0 unspecified atom stereocenters. The molecule has 0 saturated carbocycles. The van der Waals surface area contributed by atoms with Crippen molar-refractivity contribution in [3.8, 4) is 5.75 Å². The lowest BCUT2D eigenvalue weighted by Crippen LogP contribution is -2.38. The number of para-hydroxylation sites is 1. The number of nitrogens with zero attached hydrogens (tertiary/aromatic N) is 2. The molecule has 5 nitrogen and oxygen atoms in total. The first-order chi connectivity index (χ1) is 12.8. The Bertz CT molecular complexity index is 910. The summed E-state index contributed by atoms with van der Waals surface area (Å²) in [5, 5.41) is 0. The van der Waals surface area contributed by atoms with E-state index >= 15 is 0 Å². The number of pyridine rings is 1. The maximum atomic E-state index is 12.7. The molecule has 3 heterocycles. The fourth-order valence-corrected chi connectivity index (χ4v) is 3.85. The Kier molecular flexibility index (Phi) is 4.61. The van der Waals surface area contributed by atoms with Crippen LogP contribution in [0.1, 0.15) is 29.9 Å². The van der Waals surface area contributed by atoms with Crippen LogP contribution in [0.15, 0.2) is 48.8 Å². The number of aromatic amines is 1. The molecular formula is C21H23N3O2. The van der Waals surface area contributed by atoms with E-state index in [4.69, 9.17) is 4.74 Å². The number of amides is 1. The highest BCUT2D eigenvalue weighted by Crippen LogP contribution is 2.32. The Morgan fingerprint density at radius 2 is 2.04 bits per heavy atom. The van der Waals surface area contributed by atoms with Crippen molar-refractivity contribution < 1.29 is 9.53 Å². The first-order valence-electron chi connectivity index (χ1n) is 9.08. The van der Waals surface area contributed by atoms with E-state index in [1.807, 2.05) is 41.4 Å². The van der Waals surface area contributed by atoms with Crippen LogP contribution in [0.4, 0.5) is 0 Å². The topological polar surface area (TPSA) is 58.2 Å². The number of H-pyrrole nitrogens is 1. The van der Waals surface area contributed by atoms with Gasteiger partial charge in [-0.05, 0) is 42.5 Å². The van der Waals surface area contributed by atoms with Crippen LogP contribution in [0.5, 0.6) is 5.75 Å². The molecule has 0 atom stereocenters. The van der Waals surface area contributed by atoms with Crippen molar-refractivity contribution in [2.45, 2.75) is 25.2 Å². The largest absolute Gasteiger partial charge is 0.496 e. The van der Waals surface area contributed by atoms with Gasteiger partial charge in [-0.3, -0.25) is 9.78 Å². The Hall–Kier alpha value is -2.82. The lowest BCUT2D eigenvalue weighted by molar-refractivity contribution is -0.131. The van der Waals surface area contributed by atoms with Crippen LogP contribution < -0.4 is 4.74 Å². The number of likely N-dealkylation sites (tertiary alicyclic amines) is 1. The second-order valence-corrected chi connectivity index (χ2v) is 6.79. The van der Waals surface area contributed by atoms with Crippen LogP contribution in [0, 0.1) is 0 Å². The van der Waals surface area contributed by atoms with Crippen molar-refractivity contribution in [3.05, 3.63) is 59.9 Å². The lowest BCUT2D eigenvalue weighted by atomic mass is 9.90. The van der Waals surface area contributed by atoms with E-state index in [0.29, 0.717) is 12.3 Å². The third-order valence-corrected chi connectivity index (χ3v) is 5.29. The Morgan fingerprint density at radius 3 is 2.85 bits per heavy atom. The molecule has 0 spiro atoms. The van der Waals surface area contributed by atoms with Crippen LogP contribution >= 0.6 is 0 Å². The van der Waals surface area contributed by atoms with Crippen molar-refractivity contribution in [2.24, 2.45) is 0 Å². The third-order valence-electron chi connectivity index (χ3n) is 5.29. The molecule has 0 bridgehead atoms. The van der Waals surface area contributed by atoms with E-state index in [2.05, 4.69) is 22.2 Å². The number of fused-ring (bicyclic) bond motifs is 1. The van der Waals surface area contributed by atoms with Crippen LogP contribution in [-0.4, -0.2) is 41.0 Å². The summed E-state index contributed by atoms with van der Waals surface area (Å²) in [6.07, 6.45) is 6.26. The summed E-state index contributed by atoms with van der Waals surface area (Å²) in [6, 6.07) is 11.7. The van der Waals surface area contributed by atoms with Crippen LogP contribution in [0.2, 0.25) is 0 Å². The number of carbonyl (C=O) groups excluding carboxylic acids is 1. The molecule has 0 aliphatic carbocycles. The minimum atomic E-state index is 0.171. The van der Waals surface area contributed by atoms with E-state index < -0.39 is 0 Å². The van der Waals surface area contributed by atoms with Gasteiger partial charge in [-0.15, -0.1) is 0 Å². The predicted molar refractivity (Wildman–Crippen MR) is 101 cm³/mol. The molecule has 0 radical (unpaired) electrons. The van der Waals surface area contributed by atoms with E-state index in [0.717, 1.165) is 48.3 Å². The maximum absolute atomic E-state index is 12.7. The number of aromatic nitrogens is 2. The Labute approximate surface area is 153 Å². The monoisotopic (exact) mass is 349 g/mol. The van der Waals surface area contributed by atoms with Crippen molar-refractivity contribution >= 4 is 16.9 Å². The van der Waals surface area contributed by atoms with Gasteiger partial charge in [0.05, 0.1) is 24.6 Å². The quantitative estimate of drug-likeness (QED) is 0.784. The van der Waals surface area contributed by atoms with Gasteiger partial charge in [0.2, 0.25) is 5.91 Å². The Balaban J connectivity index is 1.41. The highest BCUT2D eigenvalue weighted by molar-refractivity contribution is 5.80. The fraction of sp³-hybridized carbons (Fsp3) is 0.333. The van der Waals surface area contributed by atoms with E-state index in [9.17, 15) is 4.79 Å². The zero-order valence-electron chi connectivity index (χ0n) is 14.9. The van der Waals surface area contributed by atoms with Gasteiger partial charge in [0.15, 0.2) is 0 Å². The van der Waals surface area contributed by atoms with Crippen LogP contribution in [0.25, 0.3) is 11.0 Å². The predicted octanol–water partition coefficient (Wildman–Crippen LogP) is 3.52. The van der Waals surface area contributed by atoms with E-state index in [-0.39, 0.29) is 5.91 Å². The maximum Gasteiger partial charge on any atom is 0.227 e. The number of nitrogens with one attached hydrogen (secondary N) is 1. The number of benzene rings is 1. The molecule has 1 aliphatic heterocycles. The first-order valence-corrected chi connectivity index (χ1v) is 9.08. The van der Waals surface area contributed by atoms with Crippen molar-refractivity contribution in [2.75, 3.05) is 20.2 Å². The van der Waals surface area contributed by atoms with Gasteiger partial charge in [-0.1, -0.05) is 18.2 Å². The molecule has 1 amide bonds. The van der Waals surface area contributed by atoms with Gasteiger partial charge in [-0.25, -0.2) is 0 Å². The number of ether oxygens (including phenoxy) is 1. The minimum Gasteiger partial charge on any atom is -0.496 e. The highest BCUT2D eigenvalue weighted by Gasteiger charge is 2.26. The number of methoxy groups -OCH3 is 1. The van der Waals surface area contributed by atoms with Crippen LogP contribution in [0.3, 0.4) is 0 Å². The lowest BCUT2D eigenvalue weighted by Gasteiger charge is -2.32. The molecule has 2 aromatic heterocycles. The van der Waals surface area contributed by atoms with Gasteiger partial charge >= 0.3 is 0 Å². The standard InChI is InChI=1S/C21H23N3O2/c1-26-19-7-3-2-5-16(19)13-20(25)24-11-8-15(9-12-24)17-14-23-18-6-4-10-22-21(17)18/h2-7,10,14-15,23H,8-9,11-13H2,1H3. The smallest absolute Gasteiger partial charge is 0.227 e. The average Bonchev–Trinajstić information content (AvgIpc) is 3.12. The molecule has 1 N–H and O–H groups in total. The molecule has 4 rings (SSSR count). The third kappa shape index (κ3) is 3.17. The summed E-state index contributed by atoms with van der Waals surface area (Å²) in [6.45, 7) is 1.58. The summed E-state index contributed by atoms with van der Waals surface area (Å²) in [4.78, 5) is 22.5. The zero-order valence-corrected chi connectivity index (χ0v) is 14.9. The molecule has 1 saturated heterocycles. The fourth-order valence-electron chi connectivity index (χ4n) is 3.85. The van der Waals surface area contributed by atoms with Crippen molar-refractivity contribution in [3.63, 3.8) is 0 Å². The molecule has 1 fully saturated rings. The summed E-state index contributed by atoms with van der Waals surface area (Å²) in [7, 11) is 1.64. The molecule has 5 heteroatoms. The zero-order chi connectivity index (χ0) is 17.9. The van der Waals surface area contributed by atoms with E-state index in [1.165, 1.54) is 5.56 Å². The average molecular weight is 349 g/mol. The summed E-state index contributed by atoms with van der Waals surface area (Å²) < 4.78 is 5.36. The molecule has 1 aromatic carbocycles. The number of hydrogen-bond acceptors (Lipinski definition) is 3. The number of hydrogen-bond donors (Lipinski definition) is 1. The number of piperidine rings is 1. The van der Waals surface area contributed by atoms with Gasteiger partial charge in [0.1, 0.15) is 5.75 Å². The first kappa shape index (κ1) is 16.6. The molecular weight excluding hydrogens is 326 g/mol. The van der Waals surface area contributed by atoms with Gasteiger partial charge < -0.3 is 14.6 Å². The van der Waals surface area contributed by atoms with E-state index in [1.54, 1.807) is 7.11 Å². The van der Waals surface area contributed by atoms with Gasteiger partial charge in [0, 0.05) is 31.0 Å². The van der Waals surface area contributed by atoms with Gasteiger partial charge in [-0.2, -0.15) is 0 Å². The van der Waals surface area contributed by atoms with Crippen LogP contribution in [-0.2, 0) is 11.2 Å². The van der Waals surface area contributed by atoms with Gasteiger partial charge in [0.25, 0.3) is 0 Å². The second kappa shape index (κ2) is 7.20. The SMILES string of the molecule is COc1ccccc1CC(=O)N1CCC(c2c[nH]c3cccnc23)CC1. The molecule has 3 aromatic rings. The normalized spacial score (nSPS) is 15.3. The number of carbonyl (C=O) groups is 1. The summed E-state index contributed by atoms with van der Waals surface area (Å²) in [5.74, 6) is 1.40. The summed E-state index contributed by atoms with van der Waals surface area (Å²) >= 11 is 0. The summed E-state index contributed by atoms with van der Waals surface area (Å²) in [5.41, 5.74) is 4.36. The Morgan fingerprint density at radius 1 is 1.23 bits per heavy atom. The van der Waals surface area contributed by atoms with Crippen molar-refractivity contribution in [1.82, 2.24) is 14.9 Å².